The maximum absolute atomic E-state index is 13.7. The summed E-state index contributed by atoms with van der Waals surface area (Å²) in [5.74, 6) is 0.638. The molecule has 160 valence electrons. The van der Waals surface area contributed by atoms with Gasteiger partial charge in [-0.25, -0.2) is 14.8 Å². The van der Waals surface area contributed by atoms with E-state index in [0.717, 1.165) is 12.1 Å². The zero-order chi connectivity index (χ0) is 21.6. The molecule has 0 radical (unpaired) electrons. The number of halogens is 3. The maximum atomic E-state index is 13.7. The number of carbonyl (C=O) groups is 1. The van der Waals surface area contributed by atoms with Gasteiger partial charge in [0.25, 0.3) is 0 Å². The Hall–Kier alpha value is -2.88. The van der Waals surface area contributed by atoms with Crippen molar-refractivity contribution in [3.8, 4) is 11.3 Å². The average molecular weight is 420 g/mol. The fourth-order valence-electron chi connectivity index (χ4n) is 3.90. The molecule has 0 saturated carbocycles. The molecule has 4 heterocycles. The molecule has 1 fully saturated rings. The van der Waals surface area contributed by atoms with E-state index in [1.54, 1.807) is 13.1 Å². The lowest BCUT2D eigenvalue weighted by atomic mass is 9.96. The van der Waals surface area contributed by atoms with Crippen LogP contribution in [-0.4, -0.2) is 53.6 Å². The fraction of sp³-hybridized carbons (Fsp3) is 0.450. The van der Waals surface area contributed by atoms with E-state index >= 15 is 0 Å². The fourth-order valence-corrected chi connectivity index (χ4v) is 3.90. The van der Waals surface area contributed by atoms with Crippen LogP contribution in [0.4, 0.5) is 29.6 Å². The molecule has 0 bridgehead atoms. The standard InChI is InChI=1S/C20H23F3N6O/c1-11-10-29(7-6-24-11)16-9-13(20(21,22)23)8-15(26-16)14-4-5-25-18-17(14)12(2)28(3)19(30)27-18/h4-5,8-9,11-12,24H,6-7,10H2,1-3H3,(H,25,27,30)/t11-,12-/m0/s1. The van der Waals surface area contributed by atoms with Crippen molar-refractivity contribution in [3.63, 3.8) is 0 Å². The van der Waals surface area contributed by atoms with Gasteiger partial charge in [0.1, 0.15) is 11.6 Å². The molecule has 30 heavy (non-hydrogen) atoms. The molecule has 2 atom stereocenters. The number of anilines is 2. The van der Waals surface area contributed by atoms with E-state index in [2.05, 4.69) is 20.6 Å². The summed E-state index contributed by atoms with van der Waals surface area (Å²) in [6.45, 7) is 5.61. The minimum Gasteiger partial charge on any atom is -0.354 e. The number of hydrogen-bond donors (Lipinski definition) is 2. The Kier molecular flexibility index (Phi) is 5.05. The lowest BCUT2D eigenvalue weighted by Crippen LogP contribution is -2.49. The first-order valence-corrected chi connectivity index (χ1v) is 9.76. The van der Waals surface area contributed by atoms with Gasteiger partial charge >= 0.3 is 12.2 Å². The molecule has 10 heteroatoms. The Morgan fingerprint density at radius 1 is 1.23 bits per heavy atom. The van der Waals surface area contributed by atoms with Crippen molar-refractivity contribution in [1.29, 1.82) is 0 Å². The summed E-state index contributed by atoms with van der Waals surface area (Å²) in [5.41, 5.74) is 0.627. The van der Waals surface area contributed by atoms with Crippen LogP contribution in [0.5, 0.6) is 0 Å². The molecular formula is C20H23F3N6O. The largest absolute Gasteiger partial charge is 0.416 e. The Morgan fingerprint density at radius 2 is 2.00 bits per heavy atom. The highest BCUT2D eigenvalue weighted by atomic mass is 19.4. The number of amides is 2. The number of alkyl halides is 3. The van der Waals surface area contributed by atoms with Crippen molar-refractivity contribution in [2.24, 2.45) is 0 Å². The number of rotatable bonds is 2. The highest BCUT2D eigenvalue weighted by Gasteiger charge is 2.35. The van der Waals surface area contributed by atoms with Crippen molar-refractivity contribution >= 4 is 17.7 Å². The van der Waals surface area contributed by atoms with Gasteiger partial charge in [0.2, 0.25) is 0 Å². The minimum absolute atomic E-state index is 0.149. The summed E-state index contributed by atoms with van der Waals surface area (Å²) < 4.78 is 41.1. The van der Waals surface area contributed by atoms with Crippen LogP contribution in [0.1, 0.15) is 31.0 Å². The van der Waals surface area contributed by atoms with Gasteiger partial charge in [-0.3, -0.25) is 5.32 Å². The highest BCUT2D eigenvalue weighted by Crippen LogP contribution is 2.40. The molecule has 0 spiro atoms. The van der Waals surface area contributed by atoms with Crippen LogP contribution in [0.3, 0.4) is 0 Å². The van der Waals surface area contributed by atoms with Crippen molar-refractivity contribution < 1.29 is 18.0 Å². The molecule has 0 unspecified atom stereocenters. The SMILES string of the molecule is C[C@H]1CN(c2cc(C(F)(F)F)cc(-c3ccnc4c3[C@H](C)N(C)C(=O)N4)n2)CCN1. The zero-order valence-corrected chi connectivity index (χ0v) is 16.9. The number of aromatic nitrogens is 2. The third-order valence-corrected chi connectivity index (χ3v) is 5.64. The molecule has 7 nitrogen and oxygen atoms in total. The molecular weight excluding hydrogens is 397 g/mol. The van der Waals surface area contributed by atoms with Crippen LogP contribution in [0.15, 0.2) is 24.4 Å². The van der Waals surface area contributed by atoms with E-state index in [-0.39, 0.29) is 23.8 Å². The summed E-state index contributed by atoms with van der Waals surface area (Å²) >= 11 is 0. The van der Waals surface area contributed by atoms with Gasteiger partial charge in [0.15, 0.2) is 0 Å². The molecule has 1 saturated heterocycles. The molecule has 0 aliphatic carbocycles. The number of pyridine rings is 2. The van der Waals surface area contributed by atoms with Crippen molar-refractivity contribution in [1.82, 2.24) is 20.2 Å². The number of piperazine rings is 1. The second-order valence-electron chi connectivity index (χ2n) is 7.74. The van der Waals surface area contributed by atoms with Crippen molar-refractivity contribution in [2.45, 2.75) is 32.1 Å². The van der Waals surface area contributed by atoms with Gasteiger partial charge in [-0.1, -0.05) is 0 Å². The van der Waals surface area contributed by atoms with E-state index in [0.29, 0.717) is 42.4 Å². The van der Waals surface area contributed by atoms with E-state index in [1.165, 1.54) is 11.1 Å². The lowest BCUT2D eigenvalue weighted by Gasteiger charge is -2.34. The van der Waals surface area contributed by atoms with Gasteiger partial charge < -0.3 is 15.1 Å². The molecule has 0 aromatic carbocycles. The first-order chi connectivity index (χ1) is 14.1. The molecule has 4 rings (SSSR count). The third-order valence-electron chi connectivity index (χ3n) is 5.64. The van der Waals surface area contributed by atoms with Crippen LogP contribution >= 0.6 is 0 Å². The van der Waals surface area contributed by atoms with Crippen LogP contribution in [0, 0.1) is 0 Å². The Labute approximate surface area is 172 Å². The monoisotopic (exact) mass is 420 g/mol. The molecule has 2 amide bonds. The quantitative estimate of drug-likeness (QED) is 0.778. The molecule has 2 N–H and O–H groups in total. The van der Waals surface area contributed by atoms with Gasteiger partial charge in [-0.15, -0.1) is 0 Å². The summed E-state index contributed by atoms with van der Waals surface area (Å²) in [6.07, 6.45) is -3.03. The molecule has 2 aromatic rings. The highest BCUT2D eigenvalue weighted by molar-refractivity contribution is 5.93. The van der Waals surface area contributed by atoms with E-state index in [4.69, 9.17) is 0 Å². The minimum atomic E-state index is -4.50. The maximum Gasteiger partial charge on any atom is 0.416 e. The molecule has 2 aliphatic heterocycles. The summed E-state index contributed by atoms with van der Waals surface area (Å²) in [6, 6.07) is 3.29. The molecule has 2 aromatic heterocycles. The number of nitrogens with zero attached hydrogens (tertiary/aromatic N) is 4. The third kappa shape index (κ3) is 3.67. The topological polar surface area (TPSA) is 73.4 Å². The van der Waals surface area contributed by atoms with Gasteiger partial charge in [-0.2, -0.15) is 13.2 Å². The summed E-state index contributed by atoms with van der Waals surface area (Å²) in [7, 11) is 1.63. The number of nitrogens with one attached hydrogen (secondary N) is 2. The first kappa shape index (κ1) is 20.4. The molecule has 2 aliphatic rings. The zero-order valence-electron chi connectivity index (χ0n) is 16.9. The van der Waals surface area contributed by atoms with Crippen LogP contribution in [-0.2, 0) is 6.18 Å². The van der Waals surface area contributed by atoms with Gasteiger partial charge in [0, 0.05) is 50.0 Å². The smallest absolute Gasteiger partial charge is 0.354 e. The number of hydrogen-bond acceptors (Lipinski definition) is 5. The van der Waals surface area contributed by atoms with Crippen LogP contribution in [0.2, 0.25) is 0 Å². The Morgan fingerprint density at radius 3 is 2.70 bits per heavy atom. The van der Waals surface area contributed by atoms with Crippen LogP contribution in [0.25, 0.3) is 11.3 Å². The first-order valence-electron chi connectivity index (χ1n) is 9.76. The Bertz CT molecular complexity index is 979. The van der Waals surface area contributed by atoms with E-state index in [1.807, 2.05) is 18.7 Å². The summed E-state index contributed by atoms with van der Waals surface area (Å²) in [4.78, 5) is 24.2. The predicted molar refractivity (Wildman–Crippen MR) is 107 cm³/mol. The van der Waals surface area contributed by atoms with Gasteiger partial charge in [-0.05, 0) is 32.0 Å². The van der Waals surface area contributed by atoms with E-state index in [9.17, 15) is 18.0 Å². The van der Waals surface area contributed by atoms with Crippen molar-refractivity contribution in [2.75, 3.05) is 36.9 Å². The van der Waals surface area contributed by atoms with Crippen LogP contribution < -0.4 is 15.5 Å². The number of fused-ring (bicyclic) bond motifs is 1. The predicted octanol–water partition coefficient (Wildman–Crippen LogP) is 3.50. The Balaban J connectivity index is 1.86. The lowest BCUT2D eigenvalue weighted by molar-refractivity contribution is -0.137. The normalized spacial score (nSPS) is 22.0. The number of urea groups is 1. The summed E-state index contributed by atoms with van der Waals surface area (Å²) in [5, 5.41) is 5.97. The average Bonchev–Trinajstić information content (AvgIpc) is 2.70. The van der Waals surface area contributed by atoms with E-state index < -0.39 is 11.7 Å². The van der Waals surface area contributed by atoms with Gasteiger partial charge in [0.05, 0.1) is 17.3 Å². The van der Waals surface area contributed by atoms with Crippen molar-refractivity contribution in [3.05, 3.63) is 35.5 Å². The second kappa shape index (κ2) is 7.42. The second-order valence-corrected chi connectivity index (χ2v) is 7.74. The number of carbonyl (C=O) groups excluding carboxylic acids is 1.